The normalized spacial score (nSPS) is 19.5. The van der Waals surface area contributed by atoms with Crippen molar-refractivity contribution in [3.8, 4) is 5.69 Å². The van der Waals surface area contributed by atoms with Gasteiger partial charge in [0.2, 0.25) is 0 Å². The van der Waals surface area contributed by atoms with Gasteiger partial charge < -0.3 is 4.57 Å². The highest BCUT2D eigenvalue weighted by molar-refractivity contribution is 7.89. The Morgan fingerprint density at radius 3 is 2.63 bits per heavy atom. The van der Waals surface area contributed by atoms with Crippen LogP contribution in [0.15, 0.2) is 71.9 Å². The summed E-state index contributed by atoms with van der Waals surface area (Å²) in [6.45, 7) is 1.99. The largest absolute Gasteiger partial charge is 0.339 e. The van der Waals surface area contributed by atoms with Crippen LogP contribution >= 0.6 is 0 Å². The number of Topliss-reactive ketones (excluding diaryl/α,β-unsaturated/α-hetero) is 1. The number of ketones is 1. The van der Waals surface area contributed by atoms with E-state index in [0.29, 0.717) is 12.8 Å². The van der Waals surface area contributed by atoms with Crippen molar-refractivity contribution in [1.29, 1.82) is 0 Å². The van der Waals surface area contributed by atoms with Crippen molar-refractivity contribution in [2.24, 2.45) is 13.0 Å². The molecule has 6 rings (SSSR count). The second-order valence-electron chi connectivity index (χ2n) is 9.74. The minimum atomic E-state index is -4.05. The molecule has 0 saturated carbocycles. The van der Waals surface area contributed by atoms with Gasteiger partial charge in [0.1, 0.15) is 11.5 Å². The Morgan fingerprint density at radius 1 is 1.13 bits per heavy atom. The van der Waals surface area contributed by atoms with Crippen LogP contribution in [0, 0.1) is 18.7 Å². The lowest BCUT2D eigenvalue weighted by molar-refractivity contribution is 0.0821. The molecule has 1 unspecified atom stereocenters. The second-order valence-corrected chi connectivity index (χ2v) is 11.6. The van der Waals surface area contributed by atoms with Crippen molar-refractivity contribution in [2.75, 3.05) is 6.54 Å². The number of carbonyl (C=O) groups is 1. The molecule has 194 valence electrons. The summed E-state index contributed by atoms with van der Waals surface area (Å²) in [4.78, 5) is 22.4. The minimum absolute atomic E-state index is 0.0944. The molecule has 1 aliphatic carbocycles. The predicted molar refractivity (Wildman–Crippen MR) is 138 cm³/mol. The Kier molecular flexibility index (Phi) is 5.84. The third-order valence-corrected chi connectivity index (χ3v) is 8.97. The number of fused-ring (bicyclic) bond motifs is 2. The molecule has 0 amide bonds. The molecule has 4 aromatic rings. The summed E-state index contributed by atoms with van der Waals surface area (Å²) in [7, 11) is -2.36. The van der Waals surface area contributed by atoms with E-state index in [2.05, 4.69) is 15.1 Å². The van der Waals surface area contributed by atoms with Crippen molar-refractivity contribution in [3.05, 3.63) is 95.2 Å². The molecule has 38 heavy (non-hydrogen) atoms. The molecule has 0 bridgehead atoms. The lowest BCUT2D eigenvalue weighted by atomic mass is 9.76. The number of rotatable bonds is 5. The van der Waals surface area contributed by atoms with E-state index in [1.165, 1.54) is 29.0 Å². The Hall–Kier alpha value is -3.96. The number of sulfonamides is 1. The SMILES string of the molecule is Cc1ccnc(C(=O)[C@@H]2C3Cc4cnn(-c5ccc(F)cc5)c4C=C3CCN2S(=O)(=O)c2cn(C)cn2)c1. The van der Waals surface area contributed by atoms with Gasteiger partial charge in [0, 0.05) is 31.9 Å². The van der Waals surface area contributed by atoms with Crippen molar-refractivity contribution < 1.29 is 17.6 Å². The Labute approximate surface area is 219 Å². The number of pyridine rings is 1. The maximum absolute atomic E-state index is 14.0. The third kappa shape index (κ3) is 4.07. The lowest BCUT2D eigenvalue weighted by Gasteiger charge is -2.42. The number of halogens is 1. The molecule has 3 aromatic heterocycles. The monoisotopic (exact) mass is 532 g/mol. The fourth-order valence-electron chi connectivity index (χ4n) is 5.34. The molecule has 11 heteroatoms. The predicted octanol–water partition coefficient (Wildman–Crippen LogP) is 3.35. The van der Waals surface area contributed by atoms with E-state index in [9.17, 15) is 17.6 Å². The maximum Gasteiger partial charge on any atom is 0.262 e. The number of aryl methyl sites for hydroxylation is 2. The van der Waals surface area contributed by atoms with Gasteiger partial charge in [-0.1, -0.05) is 5.57 Å². The smallest absolute Gasteiger partial charge is 0.262 e. The van der Waals surface area contributed by atoms with Gasteiger partial charge in [0.25, 0.3) is 10.0 Å². The molecule has 0 spiro atoms. The molecular weight excluding hydrogens is 507 g/mol. The quantitative estimate of drug-likeness (QED) is 0.365. The fraction of sp³-hybridized carbons (Fsp3) is 0.259. The van der Waals surface area contributed by atoms with E-state index < -0.39 is 22.0 Å². The highest BCUT2D eigenvalue weighted by atomic mass is 32.2. The molecule has 2 atom stereocenters. The first kappa shape index (κ1) is 24.4. The number of imidazole rings is 1. The number of piperidine rings is 1. The van der Waals surface area contributed by atoms with Crippen LogP contribution in [0.2, 0.25) is 0 Å². The molecule has 0 radical (unpaired) electrons. The highest BCUT2D eigenvalue weighted by Gasteiger charge is 2.47. The van der Waals surface area contributed by atoms with Crippen LogP contribution in [-0.4, -0.2) is 55.4 Å². The summed E-state index contributed by atoms with van der Waals surface area (Å²) in [5.41, 5.74) is 4.51. The van der Waals surface area contributed by atoms with Gasteiger partial charge in [-0.3, -0.25) is 9.78 Å². The van der Waals surface area contributed by atoms with Crippen LogP contribution in [0.1, 0.15) is 33.7 Å². The maximum atomic E-state index is 14.0. The molecule has 1 aromatic carbocycles. The molecule has 1 fully saturated rings. The van der Waals surface area contributed by atoms with Crippen molar-refractivity contribution in [2.45, 2.75) is 30.8 Å². The van der Waals surface area contributed by atoms with Crippen LogP contribution in [0.25, 0.3) is 11.8 Å². The van der Waals surface area contributed by atoms with E-state index in [4.69, 9.17) is 0 Å². The topological polar surface area (TPSA) is 103 Å². The van der Waals surface area contributed by atoms with Gasteiger partial charge in [-0.05, 0) is 73.4 Å². The van der Waals surface area contributed by atoms with Crippen LogP contribution in [-0.2, 0) is 23.5 Å². The van der Waals surface area contributed by atoms with E-state index in [1.54, 1.807) is 53.0 Å². The number of aromatic nitrogens is 5. The minimum Gasteiger partial charge on any atom is -0.339 e. The van der Waals surface area contributed by atoms with Gasteiger partial charge in [-0.2, -0.15) is 9.40 Å². The van der Waals surface area contributed by atoms with Crippen LogP contribution in [0.4, 0.5) is 4.39 Å². The van der Waals surface area contributed by atoms with Gasteiger partial charge in [0.05, 0.1) is 29.9 Å². The Bertz CT molecular complexity index is 1690. The van der Waals surface area contributed by atoms with Crippen LogP contribution < -0.4 is 0 Å². The van der Waals surface area contributed by atoms with Gasteiger partial charge in [0.15, 0.2) is 10.8 Å². The average Bonchev–Trinajstić information content (AvgIpc) is 3.53. The first-order chi connectivity index (χ1) is 18.2. The number of nitrogens with zero attached hydrogens (tertiary/aromatic N) is 6. The zero-order valence-corrected chi connectivity index (χ0v) is 21.6. The van der Waals surface area contributed by atoms with E-state index >= 15 is 0 Å². The van der Waals surface area contributed by atoms with Gasteiger partial charge in [-0.25, -0.2) is 22.5 Å². The molecular formula is C27H25FN6O3S. The third-order valence-electron chi connectivity index (χ3n) is 7.20. The van der Waals surface area contributed by atoms with E-state index in [1.807, 2.05) is 13.0 Å². The van der Waals surface area contributed by atoms with Gasteiger partial charge >= 0.3 is 0 Å². The summed E-state index contributed by atoms with van der Waals surface area (Å²) in [6, 6.07) is 8.57. The molecule has 0 N–H and O–H groups in total. The highest BCUT2D eigenvalue weighted by Crippen LogP contribution is 2.41. The first-order valence-electron chi connectivity index (χ1n) is 12.2. The first-order valence-corrected chi connectivity index (χ1v) is 13.7. The van der Waals surface area contributed by atoms with E-state index in [-0.39, 0.29) is 28.9 Å². The zero-order valence-electron chi connectivity index (χ0n) is 20.8. The fourth-order valence-corrected chi connectivity index (χ4v) is 6.93. The van der Waals surface area contributed by atoms with Crippen molar-refractivity contribution in [3.63, 3.8) is 0 Å². The Balaban J connectivity index is 1.44. The lowest BCUT2D eigenvalue weighted by Crippen LogP contribution is -2.54. The molecule has 1 aliphatic heterocycles. The Morgan fingerprint density at radius 2 is 1.92 bits per heavy atom. The zero-order chi connectivity index (χ0) is 26.6. The number of hydrogen-bond acceptors (Lipinski definition) is 6. The average molecular weight is 533 g/mol. The summed E-state index contributed by atoms with van der Waals surface area (Å²) in [5, 5.41) is 4.43. The van der Waals surface area contributed by atoms with Crippen molar-refractivity contribution >= 4 is 21.9 Å². The van der Waals surface area contributed by atoms with Crippen LogP contribution in [0.5, 0.6) is 0 Å². The summed E-state index contributed by atoms with van der Waals surface area (Å²) >= 11 is 0. The summed E-state index contributed by atoms with van der Waals surface area (Å²) < 4.78 is 45.6. The standard InChI is InChI=1S/C27H25FN6O3S/c1-17-7-9-29-23(11-17)27(35)26-22-12-19-14-31-34(21-5-3-20(28)4-6-21)24(19)13-18(22)8-10-33(26)38(36,37)25-15-32(2)16-30-25/h3-7,9,11,13-16,22,26H,8,10,12H2,1-2H3/t22?,26-/m0/s1. The summed E-state index contributed by atoms with van der Waals surface area (Å²) in [6.07, 6.45) is 9.04. The van der Waals surface area contributed by atoms with Gasteiger partial charge in [-0.15, -0.1) is 0 Å². The number of hydrogen-bond donors (Lipinski definition) is 0. The van der Waals surface area contributed by atoms with Crippen molar-refractivity contribution in [1.82, 2.24) is 28.6 Å². The molecule has 9 nitrogen and oxygen atoms in total. The van der Waals surface area contributed by atoms with Crippen LogP contribution in [0.3, 0.4) is 0 Å². The molecule has 4 heterocycles. The second kappa shape index (κ2) is 9.10. The number of benzene rings is 1. The molecule has 1 saturated heterocycles. The number of carbonyl (C=O) groups excluding carboxylic acids is 1. The molecule has 2 aliphatic rings. The van der Waals surface area contributed by atoms with E-state index in [0.717, 1.165) is 28.1 Å². The summed E-state index contributed by atoms with van der Waals surface area (Å²) in [5.74, 6) is -1.07.